The van der Waals surface area contributed by atoms with Gasteiger partial charge in [0.05, 0.1) is 5.49 Å². The Morgan fingerprint density at radius 3 is 2.75 bits per heavy atom. The van der Waals surface area contributed by atoms with Gasteiger partial charge in [-0.1, -0.05) is 12.2 Å². The number of nitrogens with zero attached hydrogens (tertiary/aromatic N) is 1. The molecule has 1 aromatic carbocycles. The highest BCUT2D eigenvalue weighted by Crippen LogP contribution is 2.31. The topological polar surface area (TPSA) is 15.3 Å². The van der Waals surface area contributed by atoms with Crippen LogP contribution < -0.4 is 5.32 Å². The molecule has 0 radical (unpaired) electrons. The maximum absolute atomic E-state index is 4.75. The lowest BCUT2D eigenvalue weighted by Gasteiger charge is -2.19. The predicted molar refractivity (Wildman–Crippen MR) is 75.0 cm³/mol. The second-order valence-electron chi connectivity index (χ2n) is 4.01. The molecule has 1 aromatic rings. The molecule has 1 aliphatic rings. The molecule has 2 nitrogen and oxygen atoms in total. The van der Waals surface area contributed by atoms with Crippen molar-refractivity contribution >= 4 is 35.3 Å². The molecule has 1 aliphatic heterocycles. The summed E-state index contributed by atoms with van der Waals surface area (Å²) in [5.41, 5.74) is 2.58. The molecule has 16 heavy (non-hydrogen) atoms. The van der Waals surface area contributed by atoms with Gasteiger partial charge in [0.25, 0.3) is 0 Å². The average Bonchev–Trinajstić information content (AvgIpc) is 2.68. The van der Waals surface area contributed by atoms with Crippen molar-refractivity contribution in [2.45, 2.75) is 30.7 Å². The number of anilines is 1. The highest BCUT2D eigenvalue weighted by molar-refractivity contribution is 7.97. The molecule has 0 amide bonds. The van der Waals surface area contributed by atoms with Gasteiger partial charge < -0.3 is 5.32 Å². The van der Waals surface area contributed by atoms with Crippen LogP contribution in [0.15, 0.2) is 29.2 Å². The van der Waals surface area contributed by atoms with Gasteiger partial charge in [0.2, 0.25) is 0 Å². The molecule has 86 valence electrons. The summed E-state index contributed by atoms with van der Waals surface area (Å²) >= 11 is 6.60. The zero-order chi connectivity index (χ0) is 11.4. The van der Waals surface area contributed by atoms with Gasteiger partial charge in [0.1, 0.15) is 0 Å². The van der Waals surface area contributed by atoms with Crippen LogP contribution in [0.25, 0.3) is 0 Å². The van der Waals surface area contributed by atoms with Crippen molar-refractivity contribution in [1.29, 1.82) is 0 Å². The standard InChI is InChI=1S/C12H16N2S2/c1-10-3-2-8-14(10)16-12-6-4-11(5-7-12)13-9-15/h4-7,9-10H,2-3,8H2,1H3,(H,13,15). The van der Waals surface area contributed by atoms with E-state index in [-0.39, 0.29) is 0 Å². The molecular formula is C12H16N2S2. The second-order valence-corrected chi connectivity index (χ2v) is 5.37. The Balaban J connectivity index is 1.96. The molecule has 4 heteroatoms. The third-order valence-electron chi connectivity index (χ3n) is 2.79. The molecule has 0 spiro atoms. The smallest absolute Gasteiger partial charge is 0.0658 e. The van der Waals surface area contributed by atoms with Crippen molar-refractivity contribution in [3.8, 4) is 0 Å². The molecule has 2 rings (SSSR count). The van der Waals surface area contributed by atoms with Gasteiger partial charge in [-0.25, -0.2) is 4.31 Å². The van der Waals surface area contributed by atoms with Gasteiger partial charge in [-0.3, -0.25) is 0 Å². The lowest BCUT2D eigenvalue weighted by atomic mass is 10.3. The van der Waals surface area contributed by atoms with Gasteiger partial charge in [-0.05, 0) is 56.0 Å². The third-order valence-corrected chi connectivity index (χ3v) is 4.17. The fourth-order valence-electron chi connectivity index (χ4n) is 1.86. The van der Waals surface area contributed by atoms with E-state index in [1.165, 1.54) is 29.8 Å². The molecule has 1 N–H and O–H groups in total. The van der Waals surface area contributed by atoms with E-state index in [4.69, 9.17) is 12.2 Å². The van der Waals surface area contributed by atoms with Crippen molar-refractivity contribution in [2.75, 3.05) is 11.9 Å². The first-order valence-corrected chi connectivity index (χ1v) is 6.79. The van der Waals surface area contributed by atoms with Gasteiger partial charge >= 0.3 is 0 Å². The minimum Gasteiger partial charge on any atom is -0.353 e. The van der Waals surface area contributed by atoms with Crippen molar-refractivity contribution in [3.05, 3.63) is 24.3 Å². The Bertz CT molecular complexity index is 351. The summed E-state index contributed by atoms with van der Waals surface area (Å²) in [5, 5.41) is 3.00. The number of rotatable bonds is 4. The molecule has 1 fully saturated rings. The Kier molecular flexibility index (Phi) is 4.21. The minimum absolute atomic E-state index is 0.698. The molecule has 0 aliphatic carbocycles. The molecule has 1 saturated heterocycles. The normalized spacial score (nSPS) is 20.9. The first-order chi connectivity index (χ1) is 7.79. The van der Waals surface area contributed by atoms with Crippen molar-refractivity contribution in [1.82, 2.24) is 4.31 Å². The van der Waals surface area contributed by atoms with E-state index in [1.807, 2.05) is 11.9 Å². The van der Waals surface area contributed by atoms with Crippen LogP contribution in [-0.4, -0.2) is 22.4 Å². The summed E-state index contributed by atoms with van der Waals surface area (Å²) in [7, 11) is 0. The molecule has 0 aromatic heterocycles. The van der Waals surface area contributed by atoms with Crippen LogP contribution in [0.2, 0.25) is 0 Å². The Morgan fingerprint density at radius 2 is 2.19 bits per heavy atom. The van der Waals surface area contributed by atoms with Crippen LogP contribution in [0.4, 0.5) is 5.69 Å². The van der Waals surface area contributed by atoms with E-state index in [0.717, 1.165) is 5.69 Å². The van der Waals surface area contributed by atoms with Crippen molar-refractivity contribution in [2.24, 2.45) is 0 Å². The van der Waals surface area contributed by atoms with E-state index in [1.54, 1.807) is 0 Å². The fourth-order valence-corrected chi connectivity index (χ4v) is 3.03. The summed E-state index contributed by atoms with van der Waals surface area (Å²) in [6.45, 7) is 3.49. The highest BCUT2D eigenvalue weighted by Gasteiger charge is 2.20. The van der Waals surface area contributed by atoms with Gasteiger partial charge in [0, 0.05) is 23.2 Å². The zero-order valence-corrected chi connectivity index (χ0v) is 11.0. The van der Waals surface area contributed by atoms with E-state index in [2.05, 4.69) is 40.8 Å². The largest absolute Gasteiger partial charge is 0.353 e. The number of hydrogen-bond donors (Lipinski definition) is 1. The van der Waals surface area contributed by atoms with Crippen LogP contribution >= 0.6 is 24.2 Å². The quantitative estimate of drug-likeness (QED) is 0.651. The maximum atomic E-state index is 4.75. The predicted octanol–water partition coefficient (Wildman–Crippen LogP) is 3.55. The second kappa shape index (κ2) is 5.66. The molecule has 1 atom stereocenters. The first kappa shape index (κ1) is 11.9. The van der Waals surface area contributed by atoms with Gasteiger partial charge in [-0.2, -0.15) is 0 Å². The average molecular weight is 252 g/mol. The maximum Gasteiger partial charge on any atom is 0.0658 e. The molecular weight excluding hydrogens is 236 g/mol. The highest BCUT2D eigenvalue weighted by atomic mass is 32.2. The van der Waals surface area contributed by atoms with Crippen LogP contribution in [0, 0.1) is 0 Å². The van der Waals surface area contributed by atoms with Crippen LogP contribution in [0.5, 0.6) is 0 Å². The Morgan fingerprint density at radius 1 is 1.44 bits per heavy atom. The van der Waals surface area contributed by atoms with E-state index >= 15 is 0 Å². The molecule has 0 bridgehead atoms. The van der Waals surface area contributed by atoms with Crippen LogP contribution in [0.3, 0.4) is 0 Å². The summed E-state index contributed by atoms with van der Waals surface area (Å²) < 4.78 is 2.46. The lowest BCUT2D eigenvalue weighted by Crippen LogP contribution is -2.18. The third kappa shape index (κ3) is 2.97. The lowest BCUT2D eigenvalue weighted by molar-refractivity contribution is 0.467. The number of nitrogens with one attached hydrogen (secondary N) is 1. The molecule has 1 heterocycles. The molecule has 1 unspecified atom stereocenters. The van der Waals surface area contributed by atoms with Crippen molar-refractivity contribution in [3.63, 3.8) is 0 Å². The monoisotopic (exact) mass is 252 g/mol. The first-order valence-electron chi connectivity index (χ1n) is 5.54. The van der Waals surface area contributed by atoms with E-state index in [9.17, 15) is 0 Å². The molecule has 0 saturated carbocycles. The SMILES string of the molecule is CC1CCCN1Sc1ccc(NC=S)cc1. The van der Waals surface area contributed by atoms with Crippen molar-refractivity contribution < 1.29 is 0 Å². The fraction of sp³-hybridized carbons (Fsp3) is 0.417. The van der Waals surface area contributed by atoms with E-state index in [0.29, 0.717) is 6.04 Å². The van der Waals surface area contributed by atoms with Crippen LogP contribution in [0.1, 0.15) is 19.8 Å². The number of benzene rings is 1. The van der Waals surface area contributed by atoms with E-state index < -0.39 is 0 Å². The summed E-state index contributed by atoms with van der Waals surface area (Å²) in [4.78, 5) is 1.30. The number of thiocarbonyl (C=S) groups is 1. The summed E-state index contributed by atoms with van der Waals surface area (Å²) in [5.74, 6) is 0. The minimum atomic E-state index is 0.698. The summed E-state index contributed by atoms with van der Waals surface area (Å²) in [6.07, 6.45) is 2.64. The summed E-state index contributed by atoms with van der Waals surface area (Å²) in [6, 6.07) is 9.09. The Hall–Kier alpha value is -0.580. The van der Waals surface area contributed by atoms with Gasteiger partial charge in [-0.15, -0.1) is 0 Å². The van der Waals surface area contributed by atoms with Crippen LogP contribution in [-0.2, 0) is 0 Å². The zero-order valence-electron chi connectivity index (χ0n) is 9.35. The Labute approximate surface area is 107 Å². The number of hydrogen-bond acceptors (Lipinski definition) is 3. The van der Waals surface area contributed by atoms with Gasteiger partial charge in [0.15, 0.2) is 0 Å².